The zero-order valence-electron chi connectivity index (χ0n) is 10.5. The average molecular weight is 268 g/mol. The third-order valence-corrected chi connectivity index (χ3v) is 3.20. The fourth-order valence-electron chi connectivity index (χ4n) is 2.24. The summed E-state index contributed by atoms with van der Waals surface area (Å²) >= 11 is 0. The lowest BCUT2D eigenvalue weighted by molar-refractivity contribution is -0.383. The van der Waals surface area contributed by atoms with Crippen molar-refractivity contribution in [1.82, 2.24) is 9.97 Å². The van der Waals surface area contributed by atoms with Gasteiger partial charge in [0.2, 0.25) is 11.6 Å². The minimum absolute atomic E-state index is 0.0104. The summed E-state index contributed by atoms with van der Waals surface area (Å²) in [6.07, 6.45) is 4.02. The van der Waals surface area contributed by atoms with Crippen molar-refractivity contribution in [3.05, 3.63) is 16.4 Å². The summed E-state index contributed by atoms with van der Waals surface area (Å²) < 4.78 is 5.26. The topological polar surface area (TPSA) is 128 Å². The predicted molar refractivity (Wildman–Crippen MR) is 68.6 cm³/mol. The quantitative estimate of drug-likeness (QED) is 0.403. The fourth-order valence-corrected chi connectivity index (χ4v) is 2.24. The van der Waals surface area contributed by atoms with Crippen molar-refractivity contribution < 1.29 is 9.66 Å². The van der Waals surface area contributed by atoms with E-state index >= 15 is 0 Å². The summed E-state index contributed by atoms with van der Waals surface area (Å²) in [5.74, 6) is 5.38. The van der Waals surface area contributed by atoms with E-state index in [1.165, 1.54) is 6.33 Å². The van der Waals surface area contributed by atoms with Crippen molar-refractivity contribution in [3.63, 3.8) is 0 Å². The first-order chi connectivity index (χ1) is 9.15. The Morgan fingerprint density at radius 3 is 2.79 bits per heavy atom. The van der Waals surface area contributed by atoms with E-state index in [4.69, 9.17) is 10.6 Å². The summed E-state index contributed by atoms with van der Waals surface area (Å²) in [5.41, 5.74) is 1.96. The van der Waals surface area contributed by atoms with Crippen LogP contribution in [0.4, 0.5) is 17.3 Å². The number of hydrogen-bond donors (Lipinski definition) is 3. The number of hydrogen-bond acceptors (Lipinski definition) is 8. The molecule has 1 aromatic heterocycles. The molecule has 2 rings (SSSR count). The van der Waals surface area contributed by atoms with Gasteiger partial charge in [-0.3, -0.25) is 10.1 Å². The van der Waals surface area contributed by atoms with Gasteiger partial charge in [-0.05, 0) is 19.3 Å². The Hall–Kier alpha value is -2.00. The largest absolute Gasteiger partial charge is 0.381 e. The SMILES string of the molecule is COC1CCC(Nc2ncnc(NN)c2[N+](=O)[O-])C1. The van der Waals surface area contributed by atoms with E-state index in [1.807, 2.05) is 0 Å². The highest BCUT2D eigenvalue weighted by Gasteiger charge is 2.29. The number of nitrogens with one attached hydrogen (secondary N) is 2. The highest BCUT2D eigenvalue weighted by atomic mass is 16.6. The van der Waals surface area contributed by atoms with Crippen molar-refractivity contribution in [2.75, 3.05) is 17.9 Å². The molecule has 9 nitrogen and oxygen atoms in total. The van der Waals surface area contributed by atoms with Crippen LogP contribution in [0, 0.1) is 10.1 Å². The summed E-state index contributed by atoms with van der Waals surface area (Å²) in [5, 5.41) is 14.1. The van der Waals surface area contributed by atoms with Crippen molar-refractivity contribution in [2.24, 2.45) is 5.84 Å². The van der Waals surface area contributed by atoms with Crippen LogP contribution in [0.5, 0.6) is 0 Å². The molecule has 104 valence electrons. The van der Waals surface area contributed by atoms with E-state index < -0.39 is 4.92 Å². The molecule has 0 aliphatic heterocycles. The number of methoxy groups -OCH3 is 1. The lowest BCUT2D eigenvalue weighted by Gasteiger charge is -2.14. The predicted octanol–water partition coefficient (Wildman–Crippen LogP) is 0.650. The molecule has 1 aliphatic rings. The molecule has 19 heavy (non-hydrogen) atoms. The number of nitrogens with two attached hydrogens (primary N) is 1. The minimum atomic E-state index is -0.555. The fraction of sp³-hybridized carbons (Fsp3) is 0.600. The van der Waals surface area contributed by atoms with Gasteiger partial charge in [0.05, 0.1) is 11.0 Å². The maximum atomic E-state index is 11.1. The maximum Gasteiger partial charge on any atom is 0.354 e. The molecule has 0 bridgehead atoms. The van der Waals surface area contributed by atoms with E-state index in [2.05, 4.69) is 20.7 Å². The summed E-state index contributed by atoms with van der Waals surface area (Å²) in [4.78, 5) is 18.2. The van der Waals surface area contributed by atoms with Crippen LogP contribution in [0.3, 0.4) is 0 Å². The Labute approximate surface area is 109 Å². The monoisotopic (exact) mass is 268 g/mol. The highest BCUT2D eigenvalue weighted by molar-refractivity contribution is 5.69. The van der Waals surface area contributed by atoms with Crippen molar-refractivity contribution >= 4 is 17.3 Å². The molecule has 0 radical (unpaired) electrons. The number of anilines is 2. The van der Waals surface area contributed by atoms with Crippen LogP contribution in [0.25, 0.3) is 0 Å². The highest BCUT2D eigenvalue weighted by Crippen LogP contribution is 2.31. The van der Waals surface area contributed by atoms with Crippen molar-refractivity contribution in [1.29, 1.82) is 0 Å². The number of aromatic nitrogens is 2. The first-order valence-corrected chi connectivity index (χ1v) is 5.91. The standard InChI is InChI=1S/C10H16N6O3/c1-19-7-3-2-6(4-7)14-9-8(16(17)18)10(15-11)13-5-12-9/h5-7H,2-4,11H2,1H3,(H2,12,13,14,15). The minimum Gasteiger partial charge on any atom is -0.381 e. The first-order valence-electron chi connectivity index (χ1n) is 5.91. The van der Waals surface area contributed by atoms with Crippen LogP contribution in [0.15, 0.2) is 6.33 Å². The maximum absolute atomic E-state index is 11.1. The third kappa shape index (κ3) is 2.88. The van der Waals surface area contributed by atoms with Crippen LogP contribution < -0.4 is 16.6 Å². The van der Waals surface area contributed by atoms with Gasteiger partial charge in [-0.2, -0.15) is 0 Å². The summed E-state index contributed by atoms with van der Waals surface area (Å²) in [7, 11) is 1.66. The molecule has 1 fully saturated rings. The molecule has 1 saturated carbocycles. The van der Waals surface area contributed by atoms with Gasteiger partial charge in [0.25, 0.3) is 0 Å². The van der Waals surface area contributed by atoms with Crippen LogP contribution >= 0.6 is 0 Å². The van der Waals surface area contributed by atoms with Crippen molar-refractivity contribution in [2.45, 2.75) is 31.4 Å². The van der Waals surface area contributed by atoms with Crippen LogP contribution in [0.1, 0.15) is 19.3 Å². The van der Waals surface area contributed by atoms with E-state index in [0.717, 1.165) is 19.3 Å². The first kappa shape index (κ1) is 13.4. The number of nitrogens with zero attached hydrogens (tertiary/aromatic N) is 3. The van der Waals surface area contributed by atoms with E-state index in [1.54, 1.807) is 7.11 Å². The molecular formula is C10H16N6O3. The van der Waals surface area contributed by atoms with Gasteiger partial charge in [0.1, 0.15) is 6.33 Å². The Morgan fingerprint density at radius 1 is 1.47 bits per heavy atom. The van der Waals surface area contributed by atoms with Crippen LogP contribution in [0.2, 0.25) is 0 Å². The van der Waals surface area contributed by atoms with E-state index in [9.17, 15) is 10.1 Å². The van der Waals surface area contributed by atoms with Crippen LogP contribution in [-0.4, -0.2) is 34.1 Å². The van der Waals surface area contributed by atoms with E-state index in [-0.39, 0.29) is 29.5 Å². The second kappa shape index (κ2) is 5.76. The number of ether oxygens (including phenoxy) is 1. The Bertz CT molecular complexity index is 469. The zero-order chi connectivity index (χ0) is 13.8. The molecule has 4 N–H and O–H groups in total. The van der Waals surface area contributed by atoms with Gasteiger partial charge in [-0.15, -0.1) is 0 Å². The molecule has 0 saturated heterocycles. The molecule has 1 aliphatic carbocycles. The molecule has 2 unspecified atom stereocenters. The van der Waals surface area contributed by atoms with E-state index in [0.29, 0.717) is 0 Å². The Balaban J connectivity index is 2.18. The molecule has 9 heteroatoms. The number of nitrogen functional groups attached to an aromatic ring is 1. The lowest BCUT2D eigenvalue weighted by Crippen LogP contribution is -2.20. The molecule has 0 spiro atoms. The molecule has 2 atom stereocenters. The van der Waals surface area contributed by atoms with Crippen molar-refractivity contribution in [3.8, 4) is 0 Å². The van der Waals surface area contributed by atoms with Gasteiger partial charge < -0.3 is 15.5 Å². The second-order valence-corrected chi connectivity index (χ2v) is 4.33. The molecule has 0 amide bonds. The normalized spacial score (nSPS) is 22.2. The lowest BCUT2D eigenvalue weighted by atomic mass is 10.2. The average Bonchev–Trinajstić information content (AvgIpc) is 2.85. The van der Waals surface area contributed by atoms with Gasteiger partial charge in [-0.1, -0.05) is 0 Å². The van der Waals surface area contributed by atoms with Crippen LogP contribution in [-0.2, 0) is 4.74 Å². The van der Waals surface area contributed by atoms with Gasteiger partial charge >= 0.3 is 5.69 Å². The van der Waals surface area contributed by atoms with Gasteiger partial charge in [-0.25, -0.2) is 15.8 Å². The second-order valence-electron chi connectivity index (χ2n) is 4.33. The summed E-state index contributed by atoms with van der Waals surface area (Å²) in [6.45, 7) is 0. The number of nitro groups is 1. The number of rotatable bonds is 5. The Morgan fingerprint density at radius 2 is 2.21 bits per heavy atom. The van der Waals surface area contributed by atoms with Gasteiger partial charge in [0, 0.05) is 13.2 Å². The molecule has 0 aromatic carbocycles. The zero-order valence-corrected chi connectivity index (χ0v) is 10.5. The van der Waals surface area contributed by atoms with Gasteiger partial charge in [0.15, 0.2) is 0 Å². The number of hydrazine groups is 1. The Kier molecular flexibility index (Phi) is 4.07. The smallest absolute Gasteiger partial charge is 0.354 e. The summed E-state index contributed by atoms with van der Waals surface area (Å²) in [6, 6.07) is 0.101. The molecule has 1 aromatic rings. The molecule has 1 heterocycles. The molecular weight excluding hydrogens is 252 g/mol. The third-order valence-electron chi connectivity index (χ3n) is 3.20.